The minimum Gasteiger partial charge on any atom is -0.310 e. The van der Waals surface area contributed by atoms with Crippen LogP contribution in [-0.4, -0.2) is 0 Å². The largest absolute Gasteiger partial charge is 0.310 e. The van der Waals surface area contributed by atoms with Crippen molar-refractivity contribution < 1.29 is 0 Å². The van der Waals surface area contributed by atoms with E-state index in [9.17, 15) is 0 Å². The quantitative estimate of drug-likeness (QED) is 0.160. The first kappa shape index (κ1) is 32.7. The molecule has 1 unspecified atom stereocenters. The van der Waals surface area contributed by atoms with Crippen LogP contribution in [-0.2, 0) is 5.41 Å². The minimum absolute atomic E-state index is 0.250. The third-order valence-corrected chi connectivity index (χ3v) is 11.5. The highest BCUT2D eigenvalue weighted by Gasteiger charge is 2.41. The molecule has 9 aromatic carbocycles. The maximum Gasteiger partial charge on any atom is 0.0468 e. The van der Waals surface area contributed by atoms with Gasteiger partial charge in [0.1, 0.15) is 0 Å². The average Bonchev–Trinajstić information content (AvgIpc) is 3.53. The summed E-state index contributed by atoms with van der Waals surface area (Å²) < 4.78 is 0. The molecule has 0 fully saturated rings. The van der Waals surface area contributed by atoms with Gasteiger partial charge in [-0.05, 0) is 121 Å². The molecule has 0 N–H and O–H groups in total. The van der Waals surface area contributed by atoms with Crippen molar-refractivity contribution >= 4 is 27.8 Å². The lowest BCUT2D eigenvalue weighted by atomic mass is 9.74. The minimum atomic E-state index is -0.250. The average molecular weight is 702 g/mol. The lowest BCUT2D eigenvalue weighted by Crippen LogP contribution is -2.22. The third-order valence-electron chi connectivity index (χ3n) is 11.5. The van der Waals surface area contributed by atoms with Crippen molar-refractivity contribution in [2.45, 2.75) is 12.3 Å². The summed E-state index contributed by atoms with van der Waals surface area (Å²) in [6.07, 6.45) is 0. The molecule has 260 valence electrons. The van der Waals surface area contributed by atoms with Crippen molar-refractivity contribution in [3.63, 3.8) is 0 Å². The molecular weight excluding hydrogens is 663 g/mol. The molecule has 0 amide bonds. The van der Waals surface area contributed by atoms with Crippen LogP contribution in [0, 0.1) is 0 Å². The van der Waals surface area contributed by atoms with Gasteiger partial charge in [0.25, 0.3) is 0 Å². The highest BCUT2D eigenvalue weighted by atomic mass is 15.1. The van der Waals surface area contributed by atoms with Gasteiger partial charge < -0.3 is 4.90 Å². The molecule has 1 aliphatic rings. The molecule has 1 aliphatic carbocycles. The zero-order valence-electron chi connectivity index (χ0n) is 30.7. The highest BCUT2D eigenvalue weighted by molar-refractivity contribution is 5.95. The Morgan fingerprint density at radius 3 is 1.67 bits per heavy atom. The number of benzene rings is 9. The molecule has 0 heterocycles. The van der Waals surface area contributed by atoms with E-state index in [1.807, 2.05) is 0 Å². The van der Waals surface area contributed by atoms with Crippen LogP contribution in [0.25, 0.3) is 55.3 Å². The molecule has 0 spiro atoms. The van der Waals surface area contributed by atoms with Crippen molar-refractivity contribution in [1.29, 1.82) is 0 Å². The fraction of sp³-hybridized carbons (Fsp3) is 0.0370. The number of hydrogen-bond acceptors (Lipinski definition) is 1. The molecular formula is C54H39N. The van der Waals surface area contributed by atoms with Gasteiger partial charge in [-0.3, -0.25) is 0 Å². The lowest BCUT2D eigenvalue weighted by molar-refractivity contribution is 0.714. The number of rotatable bonds is 7. The Kier molecular flexibility index (Phi) is 8.00. The molecule has 0 bridgehead atoms. The second kappa shape index (κ2) is 13.5. The number of anilines is 3. The lowest BCUT2D eigenvalue weighted by Gasteiger charge is -2.28. The first-order valence-corrected chi connectivity index (χ1v) is 19.1. The van der Waals surface area contributed by atoms with E-state index in [0.717, 1.165) is 17.1 Å². The molecule has 10 rings (SSSR count). The van der Waals surface area contributed by atoms with Gasteiger partial charge in [-0.1, -0.05) is 176 Å². The van der Waals surface area contributed by atoms with Crippen LogP contribution in [0.4, 0.5) is 17.1 Å². The monoisotopic (exact) mass is 701 g/mol. The van der Waals surface area contributed by atoms with Gasteiger partial charge in [-0.15, -0.1) is 0 Å². The maximum absolute atomic E-state index is 2.39. The smallest absolute Gasteiger partial charge is 0.0468 e. The zero-order valence-corrected chi connectivity index (χ0v) is 30.7. The fourth-order valence-corrected chi connectivity index (χ4v) is 8.75. The Hall–Kier alpha value is -6.96. The topological polar surface area (TPSA) is 3.24 Å². The zero-order chi connectivity index (χ0) is 36.8. The molecule has 0 saturated heterocycles. The Morgan fingerprint density at radius 2 is 0.873 bits per heavy atom. The standard InChI is InChI=1S/C54H39N/c1-54(45-22-6-3-7-23-45)51-27-11-10-25-50(51)53-49(26-14-28-52(53)54)44-21-13-24-47(37-44)55(48-34-31-39-17-8-9-18-43(39)36-48)46-32-29-40(30-33-46)42-20-12-19-41(35-42)38-15-4-2-5-16-38/h2-37H,1H3. The Bertz CT molecular complexity index is 2820. The van der Waals surface area contributed by atoms with E-state index < -0.39 is 0 Å². The molecule has 0 aliphatic heterocycles. The SMILES string of the molecule is CC1(c2ccccc2)c2ccccc2-c2c(-c3cccc(N(c4ccc(-c5cccc(-c6ccccc6)c5)cc4)c4ccc5ccccc5c4)c3)cccc21. The van der Waals surface area contributed by atoms with Gasteiger partial charge in [0.05, 0.1) is 0 Å². The van der Waals surface area contributed by atoms with E-state index in [1.165, 1.54) is 72.0 Å². The van der Waals surface area contributed by atoms with Gasteiger partial charge in [-0.2, -0.15) is 0 Å². The van der Waals surface area contributed by atoms with E-state index in [4.69, 9.17) is 0 Å². The van der Waals surface area contributed by atoms with Gasteiger partial charge in [-0.25, -0.2) is 0 Å². The van der Waals surface area contributed by atoms with E-state index >= 15 is 0 Å². The molecule has 1 nitrogen and oxygen atoms in total. The van der Waals surface area contributed by atoms with E-state index in [0.29, 0.717) is 0 Å². The van der Waals surface area contributed by atoms with Crippen LogP contribution in [0.3, 0.4) is 0 Å². The first-order chi connectivity index (χ1) is 27.1. The number of nitrogens with zero attached hydrogens (tertiary/aromatic N) is 1. The molecule has 0 radical (unpaired) electrons. The summed E-state index contributed by atoms with van der Waals surface area (Å²) >= 11 is 0. The van der Waals surface area contributed by atoms with Crippen molar-refractivity contribution in [2.75, 3.05) is 4.90 Å². The third kappa shape index (κ3) is 5.64. The van der Waals surface area contributed by atoms with E-state index in [1.54, 1.807) is 0 Å². The Labute approximate surface area is 323 Å². The van der Waals surface area contributed by atoms with E-state index in [2.05, 4.69) is 230 Å². The molecule has 0 aromatic heterocycles. The molecule has 9 aromatic rings. The molecule has 1 heteroatoms. The maximum atomic E-state index is 2.39. The van der Waals surface area contributed by atoms with Crippen LogP contribution in [0.5, 0.6) is 0 Å². The first-order valence-electron chi connectivity index (χ1n) is 19.1. The predicted octanol–water partition coefficient (Wildman–Crippen LogP) is 14.6. The molecule has 1 atom stereocenters. The van der Waals surface area contributed by atoms with Gasteiger partial charge in [0, 0.05) is 22.5 Å². The van der Waals surface area contributed by atoms with Crippen LogP contribution >= 0.6 is 0 Å². The molecule has 55 heavy (non-hydrogen) atoms. The summed E-state index contributed by atoms with van der Waals surface area (Å²) in [4.78, 5) is 2.39. The second-order valence-corrected chi connectivity index (χ2v) is 14.7. The fourth-order valence-electron chi connectivity index (χ4n) is 8.75. The Balaban J connectivity index is 1.10. The summed E-state index contributed by atoms with van der Waals surface area (Å²) in [6.45, 7) is 2.39. The summed E-state index contributed by atoms with van der Waals surface area (Å²) in [5.74, 6) is 0. The van der Waals surface area contributed by atoms with Gasteiger partial charge in [0.2, 0.25) is 0 Å². The number of hydrogen-bond donors (Lipinski definition) is 0. The van der Waals surface area contributed by atoms with Crippen molar-refractivity contribution in [3.05, 3.63) is 235 Å². The second-order valence-electron chi connectivity index (χ2n) is 14.7. The summed E-state index contributed by atoms with van der Waals surface area (Å²) in [7, 11) is 0. The summed E-state index contributed by atoms with van der Waals surface area (Å²) in [5.41, 5.74) is 17.0. The van der Waals surface area contributed by atoms with Crippen LogP contribution in [0.15, 0.2) is 218 Å². The Morgan fingerprint density at radius 1 is 0.327 bits per heavy atom. The molecule has 0 saturated carbocycles. The van der Waals surface area contributed by atoms with E-state index in [-0.39, 0.29) is 5.41 Å². The predicted molar refractivity (Wildman–Crippen MR) is 232 cm³/mol. The number of fused-ring (bicyclic) bond motifs is 4. The van der Waals surface area contributed by atoms with Crippen molar-refractivity contribution in [1.82, 2.24) is 0 Å². The van der Waals surface area contributed by atoms with Crippen molar-refractivity contribution in [3.8, 4) is 44.5 Å². The summed E-state index contributed by atoms with van der Waals surface area (Å²) in [6, 6.07) is 79.7. The van der Waals surface area contributed by atoms with Gasteiger partial charge >= 0.3 is 0 Å². The van der Waals surface area contributed by atoms with Gasteiger partial charge in [0.15, 0.2) is 0 Å². The highest BCUT2D eigenvalue weighted by Crippen LogP contribution is 2.55. The van der Waals surface area contributed by atoms with Crippen LogP contribution in [0.2, 0.25) is 0 Å². The summed E-state index contributed by atoms with van der Waals surface area (Å²) in [5, 5.41) is 2.45. The normalized spacial score (nSPS) is 14.3. The van der Waals surface area contributed by atoms with Crippen molar-refractivity contribution in [2.24, 2.45) is 0 Å². The van der Waals surface area contributed by atoms with Crippen LogP contribution in [0.1, 0.15) is 23.6 Å². The van der Waals surface area contributed by atoms with Crippen LogP contribution < -0.4 is 4.90 Å².